The first-order valence-electron chi connectivity index (χ1n) is 12.7. The van der Waals surface area contributed by atoms with Gasteiger partial charge in [-0.2, -0.15) is 0 Å². The van der Waals surface area contributed by atoms with E-state index in [0.717, 1.165) is 33.4 Å². The van der Waals surface area contributed by atoms with Crippen molar-refractivity contribution < 1.29 is 58.1 Å². The van der Waals surface area contributed by atoms with E-state index in [1.807, 2.05) is 0 Å². The third-order valence-electron chi connectivity index (χ3n) is 6.64. The van der Waals surface area contributed by atoms with Crippen LogP contribution >= 0.6 is 0 Å². The van der Waals surface area contributed by atoms with E-state index in [2.05, 4.69) is 0 Å². The third kappa shape index (κ3) is 6.95. The molecule has 42 heavy (non-hydrogen) atoms. The van der Waals surface area contributed by atoms with E-state index in [-0.39, 0.29) is 17.2 Å². The molecule has 0 heterocycles. The number of rotatable bonds is 12. The number of fused-ring (bicyclic) bond motifs is 3. The maximum Gasteiger partial charge on any atom is 0.162 e. The highest BCUT2D eigenvalue weighted by atomic mass is 16.5. The third-order valence-corrected chi connectivity index (χ3v) is 6.64. The van der Waals surface area contributed by atoms with E-state index in [1.54, 1.807) is 36.4 Å². The summed E-state index contributed by atoms with van der Waals surface area (Å²) in [5.74, 6) is -2.66. The quantitative estimate of drug-likeness (QED) is 0.204. The lowest BCUT2D eigenvalue weighted by Gasteiger charge is -2.18. The van der Waals surface area contributed by atoms with Crippen LogP contribution in [-0.4, -0.2) is 59.1 Å². The summed E-state index contributed by atoms with van der Waals surface area (Å²) in [4.78, 5) is 33.2. The summed E-state index contributed by atoms with van der Waals surface area (Å²) < 4.78 is 32.8. The number of methoxy groups -OCH3 is 3. The van der Waals surface area contributed by atoms with E-state index < -0.39 is 37.7 Å². The highest BCUT2D eigenvalue weighted by Gasteiger charge is 2.22. The lowest BCUT2D eigenvalue weighted by molar-refractivity contribution is -0.308. The van der Waals surface area contributed by atoms with Crippen molar-refractivity contribution >= 4 is 17.9 Å². The number of ether oxygens (including phenoxy) is 6. The van der Waals surface area contributed by atoms with Crippen LogP contribution in [0, 0.1) is 0 Å². The molecule has 0 amide bonds. The Kier molecular flexibility index (Phi) is 9.25. The van der Waals surface area contributed by atoms with Gasteiger partial charge in [0, 0.05) is 0 Å². The van der Waals surface area contributed by atoms with Gasteiger partial charge in [-0.25, -0.2) is 0 Å². The van der Waals surface area contributed by atoms with Crippen LogP contribution in [0.15, 0.2) is 36.4 Å². The lowest BCUT2D eigenvalue weighted by atomic mass is 9.94. The molecule has 4 rings (SSSR count). The van der Waals surface area contributed by atoms with Crippen LogP contribution in [-0.2, 0) is 33.6 Å². The number of carboxylic acids is 3. The Morgan fingerprint density at radius 2 is 0.690 bits per heavy atom. The summed E-state index contributed by atoms with van der Waals surface area (Å²) in [7, 11) is 4.30. The zero-order valence-electron chi connectivity index (χ0n) is 23.1. The highest BCUT2D eigenvalue weighted by molar-refractivity contribution is 5.68. The molecular formula is C30H27O12-3. The van der Waals surface area contributed by atoms with Crippen LogP contribution in [0.4, 0.5) is 0 Å². The van der Waals surface area contributed by atoms with E-state index >= 15 is 0 Å². The second kappa shape index (κ2) is 13.0. The fourth-order valence-electron chi connectivity index (χ4n) is 4.76. The molecular weight excluding hydrogens is 552 g/mol. The number of hydrogen-bond donors (Lipinski definition) is 0. The summed E-state index contributed by atoms with van der Waals surface area (Å²) >= 11 is 0. The zero-order chi connectivity index (χ0) is 30.4. The summed E-state index contributed by atoms with van der Waals surface area (Å²) in [5.41, 5.74) is 4.77. The SMILES string of the molecule is COc1cc2c(cc1OCC(=O)[O-])Cc1cc(OC)c(OCC(=O)[O-])cc1Cc1cc(OC)c(OCC(=O)[O-])cc1C2. The summed E-state index contributed by atoms with van der Waals surface area (Å²) in [6.45, 7) is -2.04. The van der Waals surface area contributed by atoms with Gasteiger partial charge in [0.2, 0.25) is 0 Å². The average molecular weight is 580 g/mol. The molecule has 0 aliphatic heterocycles. The Morgan fingerprint density at radius 3 is 0.881 bits per heavy atom. The number of hydrogen-bond acceptors (Lipinski definition) is 12. The molecule has 3 aromatic rings. The molecule has 0 atom stereocenters. The van der Waals surface area contributed by atoms with Crippen molar-refractivity contribution in [2.45, 2.75) is 19.3 Å². The monoisotopic (exact) mass is 579 g/mol. The standard InChI is InChI=1S/C30H30O12/c1-37-22-7-16-4-20-11-26(41-14-29(33)34)24(39-3)9-18(20)6-21-12-27(42-15-30(35)36)23(38-2)8-17(21)5-19(16)10-25(22)40-13-28(31)32/h7-12H,4-6,13-15H2,1-3H3,(H,31,32)(H,33,34)(H,35,36)/p-3. The van der Waals surface area contributed by atoms with Crippen molar-refractivity contribution in [2.24, 2.45) is 0 Å². The molecule has 0 saturated carbocycles. The van der Waals surface area contributed by atoms with Crippen molar-refractivity contribution in [3.05, 3.63) is 69.8 Å². The molecule has 0 fully saturated rings. The minimum atomic E-state index is -1.40. The molecule has 12 heteroatoms. The molecule has 222 valence electrons. The molecule has 1 aliphatic carbocycles. The van der Waals surface area contributed by atoms with Gasteiger partial charge in [-0.15, -0.1) is 0 Å². The van der Waals surface area contributed by atoms with Crippen LogP contribution < -0.4 is 43.7 Å². The first-order valence-corrected chi connectivity index (χ1v) is 12.7. The Balaban J connectivity index is 1.93. The smallest absolute Gasteiger partial charge is 0.162 e. The Morgan fingerprint density at radius 1 is 0.476 bits per heavy atom. The van der Waals surface area contributed by atoms with Crippen molar-refractivity contribution in [1.29, 1.82) is 0 Å². The van der Waals surface area contributed by atoms with Gasteiger partial charge in [-0.1, -0.05) is 0 Å². The van der Waals surface area contributed by atoms with Crippen LogP contribution in [0.2, 0.25) is 0 Å². The largest absolute Gasteiger partial charge is 0.546 e. The fraction of sp³-hybridized carbons (Fsp3) is 0.300. The topological polar surface area (TPSA) is 176 Å². The maximum atomic E-state index is 11.1. The number of aliphatic carboxylic acids is 3. The van der Waals surface area contributed by atoms with Crippen LogP contribution in [0.5, 0.6) is 34.5 Å². The minimum Gasteiger partial charge on any atom is -0.546 e. The predicted molar refractivity (Wildman–Crippen MR) is 139 cm³/mol. The summed E-state index contributed by atoms with van der Waals surface area (Å²) in [5, 5.41) is 33.2. The number of carbonyl (C=O) groups excluding carboxylic acids is 3. The molecule has 0 aromatic heterocycles. The van der Waals surface area contributed by atoms with E-state index in [1.165, 1.54) is 21.3 Å². The van der Waals surface area contributed by atoms with Gasteiger partial charge in [0.05, 0.1) is 39.2 Å². The molecule has 0 N–H and O–H groups in total. The second-order valence-electron chi connectivity index (χ2n) is 9.33. The molecule has 12 nitrogen and oxygen atoms in total. The van der Waals surface area contributed by atoms with Crippen molar-refractivity contribution in [2.75, 3.05) is 41.2 Å². The molecule has 3 aromatic carbocycles. The molecule has 0 saturated heterocycles. The van der Waals surface area contributed by atoms with Gasteiger partial charge in [0.1, 0.15) is 19.8 Å². The van der Waals surface area contributed by atoms with Crippen molar-refractivity contribution in [3.8, 4) is 34.5 Å². The van der Waals surface area contributed by atoms with Crippen LogP contribution in [0.1, 0.15) is 33.4 Å². The van der Waals surface area contributed by atoms with Gasteiger partial charge < -0.3 is 58.1 Å². The molecule has 0 spiro atoms. The van der Waals surface area contributed by atoms with Crippen LogP contribution in [0.25, 0.3) is 0 Å². The fourth-order valence-corrected chi connectivity index (χ4v) is 4.76. The molecule has 0 radical (unpaired) electrons. The Labute approximate surface area is 240 Å². The highest BCUT2D eigenvalue weighted by Crippen LogP contribution is 2.40. The lowest BCUT2D eigenvalue weighted by Crippen LogP contribution is -2.29. The molecule has 0 unspecified atom stereocenters. The van der Waals surface area contributed by atoms with Crippen molar-refractivity contribution in [1.82, 2.24) is 0 Å². The maximum absolute atomic E-state index is 11.1. The van der Waals surface area contributed by atoms with Crippen molar-refractivity contribution in [3.63, 3.8) is 0 Å². The molecule has 1 aliphatic rings. The Bertz CT molecular complexity index is 1330. The second-order valence-corrected chi connectivity index (χ2v) is 9.33. The summed E-state index contributed by atoms with van der Waals surface area (Å²) in [6, 6.07) is 10.3. The minimum absolute atomic E-state index is 0.204. The predicted octanol–water partition coefficient (Wildman–Crippen LogP) is -0.816. The van der Waals surface area contributed by atoms with Gasteiger partial charge in [0.25, 0.3) is 0 Å². The first-order chi connectivity index (χ1) is 20.1. The van der Waals surface area contributed by atoms with E-state index in [0.29, 0.717) is 36.5 Å². The van der Waals surface area contributed by atoms with E-state index in [4.69, 9.17) is 28.4 Å². The average Bonchev–Trinajstić information content (AvgIpc) is 3.01. The van der Waals surface area contributed by atoms with Gasteiger partial charge in [0.15, 0.2) is 34.5 Å². The Hall–Kier alpha value is -5.13. The number of benzene rings is 3. The zero-order valence-corrected chi connectivity index (χ0v) is 23.1. The van der Waals surface area contributed by atoms with Gasteiger partial charge >= 0.3 is 0 Å². The summed E-state index contributed by atoms with van der Waals surface area (Å²) in [6.07, 6.45) is 1.06. The normalized spacial score (nSPS) is 11.8. The van der Waals surface area contributed by atoms with E-state index in [9.17, 15) is 29.7 Å². The van der Waals surface area contributed by atoms with Crippen LogP contribution in [0.3, 0.4) is 0 Å². The van der Waals surface area contributed by atoms with Gasteiger partial charge in [-0.3, -0.25) is 0 Å². The first kappa shape index (κ1) is 29.8. The number of carboxylic acid groups (broad SMARTS) is 3. The molecule has 0 bridgehead atoms. The number of carbonyl (C=O) groups is 3. The van der Waals surface area contributed by atoms with Gasteiger partial charge in [-0.05, 0) is 89.0 Å².